The third kappa shape index (κ3) is 3.93. The highest BCUT2D eigenvalue weighted by Gasteiger charge is 2.35. The highest BCUT2D eigenvalue weighted by molar-refractivity contribution is 7.89. The van der Waals surface area contributed by atoms with Gasteiger partial charge in [-0.25, -0.2) is 13.4 Å². The van der Waals surface area contributed by atoms with Crippen molar-refractivity contribution in [1.82, 2.24) is 9.29 Å². The molecule has 0 N–H and O–H groups in total. The van der Waals surface area contributed by atoms with Crippen LogP contribution in [0.1, 0.15) is 23.5 Å². The van der Waals surface area contributed by atoms with E-state index in [4.69, 9.17) is 4.74 Å². The van der Waals surface area contributed by atoms with Gasteiger partial charge in [0.05, 0.1) is 11.8 Å². The maximum atomic E-state index is 12.5. The van der Waals surface area contributed by atoms with Crippen LogP contribution in [-0.2, 0) is 27.5 Å². The third-order valence-electron chi connectivity index (χ3n) is 3.22. The Morgan fingerprint density at radius 1 is 1.43 bits per heavy atom. The topological polar surface area (TPSA) is 59.5 Å². The van der Waals surface area contributed by atoms with Gasteiger partial charge < -0.3 is 4.74 Å². The first-order valence-electron chi connectivity index (χ1n) is 6.26. The fourth-order valence-corrected chi connectivity index (χ4v) is 4.56. The maximum Gasteiger partial charge on any atom is 0.434 e. The summed E-state index contributed by atoms with van der Waals surface area (Å²) in [5.74, 6) is 0. The van der Waals surface area contributed by atoms with Crippen molar-refractivity contribution in [3.8, 4) is 0 Å². The Morgan fingerprint density at radius 3 is 2.57 bits per heavy atom. The van der Waals surface area contributed by atoms with Crippen molar-refractivity contribution < 1.29 is 26.3 Å². The molecule has 0 spiro atoms. The van der Waals surface area contributed by atoms with Gasteiger partial charge in [0.15, 0.2) is 5.69 Å². The van der Waals surface area contributed by atoms with E-state index in [0.717, 1.165) is 21.0 Å². The van der Waals surface area contributed by atoms with Crippen LogP contribution in [0.3, 0.4) is 0 Å². The summed E-state index contributed by atoms with van der Waals surface area (Å²) in [7, 11) is -2.19. The van der Waals surface area contributed by atoms with Crippen molar-refractivity contribution in [3.05, 3.63) is 16.1 Å². The van der Waals surface area contributed by atoms with E-state index in [2.05, 4.69) is 4.98 Å². The number of halogens is 3. The summed E-state index contributed by atoms with van der Waals surface area (Å²) in [6, 6.07) is 0. The van der Waals surface area contributed by atoms with E-state index in [1.165, 1.54) is 7.05 Å². The molecule has 1 saturated heterocycles. The highest BCUT2D eigenvalue weighted by atomic mass is 32.2. The number of sulfonamides is 1. The van der Waals surface area contributed by atoms with Crippen LogP contribution < -0.4 is 0 Å². The summed E-state index contributed by atoms with van der Waals surface area (Å²) in [6.07, 6.45) is -3.70. The average molecular weight is 344 g/mol. The Labute approximate surface area is 124 Å². The molecule has 5 nitrogen and oxygen atoms in total. The van der Waals surface area contributed by atoms with E-state index in [9.17, 15) is 21.6 Å². The lowest BCUT2D eigenvalue weighted by atomic mass is 10.2. The summed E-state index contributed by atoms with van der Waals surface area (Å²) in [6.45, 7) is 0.612. The molecule has 1 aromatic heterocycles. The fraction of sp³-hybridized carbons (Fsp3) is 0.727. The van der Waals surface area contributed by atoms with Crippen LogP contribution in [0.5, 0.6) is 0 Å². The second kappa shape index (κ2) is 6.19. The first-order valence-corrected chi connectivity index (χ1v) is 8.64. The number of alkyl halides is 3. The number of thiazole rings is 1. The molecular formula is C11H15F3N2O3S2. The van der Waals surface area contributed by atoms with Gasteiger partial charge in [-0.2, -0.15) is 17.5 Å². The molecule has 2 rings (SSSR count). The summed E-state index contributed by atoms with van der Waals surface area (Å²) in [4.78, 5) is 3.44. The van der Waals surface area contributed by atoms with E-state index in [-0.39, 0.29) is 11.6 Å². The molecule has 0 aliphatic carbocycles. The van der Waals surface area contributed by atoms with Gasteiger partial charge >= 0.3 is 6.18 Å². The van der Waals surface area contributed by atoms with Crippen LogP contribution in [0, 0.1) is 0 Å². The molecule has 0 amide bonds. The zero-order valence-electron chi connectivity index (χ0n) is 11.3. The predicted octanol–water partition coefficient (Wildman–Crippen LogP) is 2.10. The average Bonchev–Trinajstić information content (AvgIpc) is 2.88. The summed E-state index contributed by atoms with van der Waals surface area (Å²) < 4.78 is 68.2. The van der Waals surface area contributed by atoms with Crippen LogP contribution in [0.4, 0.5) is 13.2 Å². The Hall–Kier alpha value is -0.710. The lowest BCUT2D eigenvalue weighted by molar-refractivity contribution is -0.140. The van der Waals surface area contributed by atoms with Gasteiger partial charge in [-0.3, -0.25) is 0 Å². The Morgan fingerprint density at radius 2 is 2.05 bits per heavy atom. The molecule has 2 heterocycles. The van der Waals surface area contributed by atoms with Gasteiger partial charge in [0.1, 0.15) is 5.01 Å². The number of ether oxygens (including phenoxy) is 1. The van der Waals surface area contributed by atoms with Gasteiger partial charge in [-0.05, 0) is 12.8 Å². The minimum absolute atomic E-state index is 0.125. The van der Waals surface area contributed by atoms with Crippen molar-refractivity contribution in [2.45, 2.75) is 30.8 Å². The van der Waals surface area contributed by atoms with E-state index in [1.807, 2.05) is 0 Å². The number of rotatable bonds is 4. The molecule has 120 valence electrons. The van der Waals surface area contributed by atoms with Crippen molar-refractivity contribution in [3.63, 3.8) is 0 Å². The van der Waals surface area contributed by atoms with E-state index >= 15 is 0 Å². The molecule has 0 radical (unpaired) electrons. The zero-order valence-corrected chi connectivity index (χ0v) is 12.9. The Balaban J connectivity index is 2.06. The molecule has 0 unspecified atom stereocenters. The van der Waals surface area contributed by atoms with Crippen LogP contribution in [0.15, 0.2) is 5.38 Å². The van der Waals surface area contributed by atoms with E-state index < -0.39 is 27.1 Å². The van der Waals surface area contributed by atoms with Crippen LogP contribution in [0.2, 0.25) is 0 Å². The SMILES string of the molecule is CN(Cc1nc(C(F)(F)F)cs1)S(=O)(=O)C1CCOCC1. The van der Waals surface area contributed by atoms with E-state index in [1.54, 1.807) is 0 Å². The minimum Gasteiger partial charge on any atom is -0.381 e. The summed E-state index contributed by atoms with van der Waals surface area (Å²) in [5, 5.41) is 0.475. The monoisotopic (exact) mass is 344 g/mol. The van der Waals surface area contributed by atoms with Gasteiger partial charge in [0, 0.05) is 25.6 Å². The second-order valence-corrected chi connectivity index (χ2v) is 8.00. The summed E-state index contributed by atoms with van der Waals surface area (Å²) in [5.41, 5.74) is -0.987. The molecule has 0 saturated carbocycles. The number of hydrogen-bond donors (Lipinski definition) is 0. The normalized spacial score (nSPS) is 18.3. The number of hydrogen-bond acceptors (Lipinski definition) is 5. The first kappa shape index (κ1) is 16.7. The van der Waals surface area contributed by atoms with Crippen molar-refractivity contribution >= 4 is 21.4 Å². The molecule has 0 aromatic carbocycles. The predicted molar refractivity (Wildman–Crippen MR) is 71.3 cm³/mol. The van der Waals surface area contributed by atoms with Gasteiger partial charge in [-0.15, -0.1) is 11.3 Å². The smallest absolute Gasteiger partial charge is 0.381 e. The number of nitrogens with zero attached hydrogens (tertiary/aromatic N) is 2. The molecule has 0 bridgehead atoms. The quantitative estimate of drug-likeness (QED) is 0.839. The molecule has 0 atom stereocenters. The van der Waals surface area contributed by atoms with Crippen molar-refractivity contribution in [2.75, 3.05) is 20.3 Å². The molecule has 21 heavy (non-hydrogen) atoms. The summed E-state index contributed by atoms with van der Waals surface area (Å²) >= 11 is 0.806. The fourth-order valence-electron chi connectivity index (χ4n) is 2.02. The number of aromatic nitrogens is 1. The Kier molecular flexibility index (Phi) is 4.91. The molecule has 1 fully saturated rings. The Bertz CT molecular complexity index is 580. The van der Waals surface area contributed by atoms with Crippen LogP contribution >= 0.6 is 11.3 Å². The third-order valence-corrected chi connectivity index (χ3v) is 6.37. The molecular weight excluding hydrogens is 329 g/mol. The molecule has 1 aliphatic rings. The van der Waals surface area contributed by atoms with Crippen molar-refractivity contribution in [1.29, 1.82) is 0 Å². The van der Waals surface area contributed by atoms with Crippen molar-refractivity contribution in [2.24, 2.45) is 0 Å². The highest BCUT2D eigenvalue weighted by Crippen LogP contribution is 2.30. The van der Waals surface area contributed by atoms with Crippen LogP contribution in [-0.4, -0.2) is 43.2 Å². The lowest BCUT2D eigenvalue weighted by Crippen LogP contribution is -2.38. The maximum absolute atomic E-state index is 12.5. The van der Waals surface area contributed by atoms with Gasteiger partial charge in [-0.1, -0.05) is 0 Å². The van der Waals surface area contributed by atoms with Gasteiger partial charge in [0.2, 0.25) is 10.0 Å². The van der Waals surface area contributed by atoms with Crippen LogP contribution in [0.25, 0.3) is 0 Å². The van der Waals surface area contributed by atoms with E-state index in [0.29, 0.717) is 26.1 Å². The largest absolute Gasteiger partial charge is 0.434 e. The first-order chi connectivity index (χ1) is 9.71. The standard InChI is InChI=1S/C11H15F3N2O3S2/c1-16(21(17,18)8-2-4-19-5-3-8)6-10-15-9(7-20-10)11(12,13)14/h7-8H,2-6H2,1H3. The molecule has 1 aromatic rings. The lowest BCUT2D eigenvalue weighted by Gasteiger charge is -2.26. The van der Waals surface area contributed by atoms with Gasteiger partial charge in [0.25, 0.3) is 0 Å². The second-order valence-electron chi connectivity index (χ2n) is 4.74. The molecule has 10 heteroatoms. The zero-order chi connectivity index (χ0) is 15.7. The molecule has 1 aliphatic heterocycles. The minimum atomic E-state index is -4.51.